The van der Waals surface area contributed by atoms with E-state index in [1.54, 1.807) is 12.1 Å². The van der Waals surface area contributed by atoms with E-state index in [4.69, 9.17) is 5.21 Å². The predicted octanol–water partition coefficient (Wildman–Crippen LogP) is 0.963. The van der Waals surface area contributed by atoms with Crippen LogP contribution in [0.5, 0.6) is 0 Å². The standard InChI is InChI=1S/C6H5BrN2O2/c7-5-3-1-2-4(8-5)6(10)9-11/h1-3,11H,(H,9,10). The minimum Gasteiger partial charge on any atom is -0.288 e. The van der Waals surface area contributed by atoms with Crippen LogP contribution in [0.4, 0.5) is 0 Å². The van der Waals surface area contributed by atoms with Crippen molar-refractivity contribution in [3.8, 4) is 0 Å². The molecule has 1 aromatic rings. The second-order valence-corrected chi connectivity index (χ2v) is 2.60. The van der Waals surface area contributed by atoms with E-state index in [0.717, 1.165) is 0 Å². The number of aromatic nitrogens is 1. The van der Waals surface area contributed by atoms with Gasteiger partial charge in [0.25, 0.3) is 5.91 Å². The zero-order chi connectivity index (χ0) is 8.27. The van der Waals surface area contributed by atoms with Crippen LogP contribution in [-0.2, 0) is 0 Å². The highest BCUT2D eigenvalue weighted by Crippen LogP contribution is 2.05. The van der Waals surface area contributed by atoms with Crippen LogP contribution in [0, 0.1) is 0 Å². The Kier molecular flexibility index (Phi) is 2.56. The van der Waals surface area contributed by atoms with Crippen molar-refractivity contribution < 1.29 is 10.0 Å². The molecule has 0 atom stereocenters. The molecule has 0 aliphatic rings. The van der Waals surface area contributed by atoms with Crippen molar-refractivity contribution in [1.29, 1.82) is 0 Å². The topological polar surface area (TPSA) is 62.2 Å². The number of pyridine rings is 1. The Morgan fingerprint density at radius 1 is 1.64 bits per heavy atom. The Morgan fingerprint density at radius 3 is 2.91 bits per heavy atom. The van der Waals surface area contributed by atoms with Gasteiger partial charge in [-0.2, -0.15) is 0 Å². The molecule has 1 amide bonds. The van der Waals surface area contributed by atoms with Crippen molar-refractivity contribution in [2.45, 2.75) is 0 Å². The summed E-state index contributed by atoms with van der Waals surface area (Å²) < 4.78 is 0.554. The first-order chi connectivity index (χ1) is 5.24. The molecule has 58 valence electrons. The van der Waals surface area contributed by atoms with Crippen molar-refractivity contribution in [2.75, 3.05) is 0 Å². The van der Waals surface area contributed by atoms with Crippen LogP contribution < -0.4 is 5.48 Å². The molecular weight excluding hydrogens is 212 g/mol. The van der Waals surface area contributed by atoms with Gasteiger partial charge in [0, 0.05) is 0 Å². The van der Waals surface area contributed by atoms with E-state index in [0.29, 0.717) is 4.60 Å². The van der Waals surface area contributed by atoms with E-state index in [1.165, 1.54) is 11.5 Å². The summed E-state index contributed by atoms with van der Waals surface area (Å²) >= 11 is 3.09. The van der Waals surface area contributed by atoms with Crippen LogP contribution in [-0.4, -0.2) is 16.1 Å². The molecule has 0 unspecified atom stereocenters. The van der Waals surface area contributed by atoms with Gasteiger partial charge in [0.2, 0.25) is 0 Å². The number of halogens is 1. The molecule has 2 N–H and O–H groups in total. The maximum atomic E-state index is 10.7. The van der Waals surface area contributed by atoms with Gasteiger partial charge in [-0.3, -0.25) is 10.0 Å². The molecule has 0 saturated carbocycles. The fraction of sp³-hybridized carbons (Fsp3) is 0. The SMILES string of the molecule is O=C(NO)c1cccc(Br)n1. The van der Waals surface area contributed by atoms with Gasteiger partial charge in [-0.1, -0.05) is 6.07 Å². The van der Waals surface area contributed by atoms with E-state index in [-0.39, 0.29) is 5.69 Å². The summed E-state index contributed by atoms with van der Waals surface area (Å²) in [5, 5.41) is 8.22. The summed E-state index contributed by atoms with van der Waals surface area (Å²) in [5.41, 5.74) is 1.65. The summed E-state index contributed by atoms with van der Waals surface area (Å²) in [4.78, 5) is 14.5. The number of hydrogen-bond acceptors (Lipinski definition) is 3. The average Bonchev–Trinajstić information content (AvgIpc) is 2.03. The third-order valence-electron chi connectivity index (χ3n) is 1.05. The predicted molar refractivity (Wildman–Crippen MR) is 41.2 cm³/mol. The highest BCUT2D eigenvalue weighted by molar-refractivity contribution is 9.10. The Hall–Kier alpha value is -0.940. The molecule has 4 nitrogen and oxygen atoms in total. The van der Waals surface area contributed by atoms with Gasteiger partial charge in [0.1, 0.15) is 10.3 Å². The molecule has 5 heteroatoms. The van der Waals surface area contributed by atoms with Crippen molar-refractivity contribution in [3.05, 3.63) is 28.5 Å². The molecule has 11 heavy (non-hydrogen) atoms. The van der Waals surface area contributed by atoms with Gasteiger partial charge >= 0.3 is 0 Å². The van der Waals surface area contributed by atoms with Crippen LogP contribution in [0.1, 0.15) is 10.5 Å². The van der Waals surface area contributed by atoms with Crippen LogP contribution in [0.25, 0.3) is 0 Å². The van der Waals surface area contributed by atoms with E-state index in [9.17, 15) is 4.79 Å². The molecule has 0 aromatic carbocycles. The van der Waals surface area contributed by atoms with Crippen molar-refractivity contribution >= 4 is 21.8 Å². The molecule has 1 rings (SSSR count). The molecule has 0 aliphatic carbocycles. The third kappa shape index (κ3) is 1.99. The van der Waals surface area contributed by atoms with Crippen molar-refractivity contribution in [2.24, 2.45) is 0 Å². The monoisotopic (exact) mass is 216 g/mol. The highest BCUT2D eigenvalue weighted by atomic mass is 79.9. The number of rotatable bonds is 1. The molecule has 1 aromatic heterocycles. The third-order valence-corrected chi connectivity index (χ3v) is 1.49. The second-order valence-electron chi connectivity index (χ2n) is 1.79. The fourth-order valence-electron chi connectivity index (χ4n) is 0.592. The van der Waals surface area contributed by atoms with Gasteiger partial charge in [0.05, 0.1) is 0 Å². The van der Waals surface area contributed by atoms with E-state index < -0.39 is 5.91 Å². The molecule has 0 spiro atoms. The number of carbonyl (C=O) groups is 1. The van der Waals surface area contributed by atoms with Crippen molar-refractivity contribution in [1.82, 2.24) is 10.5 Å². The largest absolute Gasteiger partial charge is 0.293 e. The van der Waals surface area contributed by atoms with Crippen LogP contribution in [0.2, 0.25) is 0 Å². The van der Waals surface area contributed by atoms with Gasteiger partial charge in [-0.25, -0.2) is 10.5 Å². The summed E-state index contributed by atoms with van der Waals surface area (Å²) in [6.45, 7) is 0. The van der Waals surface area contributed by atoms with Gasteiger partial charge in [-0.15, -0.1) is 0 Å². The quantitative estimate of drug-likeness (QED) is 0.418. The Labute approximate surface area is 71.3 Å². The Balaban J connectivity index is 2.96. The van der Waals surface area contributed by atoms with E-state index in [1.807, 2.05) is 0 Å². The maximum absolute atomic E-state index is 10.7. The summed E-state index contributed by atoms with van der Waals surface area (Å²) in [5.74, 6) is -0.619. The zero-order valence-corrected chi connectivity index (χ0v) is 7.00. The smallest absolute Gasteiger partial charge is 0.288 e. The molecule has 0 saturated heterocycles. The molecule has 1 heterocycles. The van der Waals surface area contributed by atoms with E-state index in [2.05, 4.69) is 20.9 Å². The molecular formula is C6H5BrN2O2. The van der Waals surface area contributed by atoms with Crippen LogP contribution >= 0.6 is 15.9 Å². The summed E-state index contributed by atoms with van der Waals surface area (Å²) in [7, 11) is 0. The van der Waals surface area contributed by atoms with Gasteiger partial charge in [0.15, 0.2) is 0 Å². The fourth-order valence-corrected chi connectivity index (χ4v) is 0.936. The lowest BCUT2D eigenvalue weighted by Crippen LogP contribution is -2.19. The molecule has 0 bridgehead atoms. The van der Waals surface area contributed by atoms with Crippen LogP contribution in [0.3, 0.4) is 0 Å². The Bertz CT molecular complexity index is 277. The molecule has 0 aliphatic heterocycles. The number of hydrogen-bond donors (Lipinski definition) is 2. The first kappa shape index (κ1) is 8.16. The zero-order valence-electron chi connectivity index (χ0n) is 5.41. The number of hydroxylamine groups is 1. The van der Waals surface area contributed by atoms with Gasteiger partial charge in [-0.05, 0) is 28.1 Å². The number of nitrogens with one attached hydrogen (secondary N) is 1. The lowest BCUT2D eigenvalue weighted by Gasteiger charge is -1.96. The molecule has 0 fully saturated rings. The second kappa shape index (κ2) is 3.45. The van der Waals surface area contributed by atoms with Crippen molar-refractivity contribution in [3.63, 3.8) is 0 Å². The van der Waals surface area contributed by atoms with Gasteiger partial charge < -0.3 is 0 Å². The van der Waals surface area contributed by atoms with Crippen LogP contribution in [0.15, 0.2) is 22.8 Å². The lowest BCUT2D eigenvalue weighted by molar-refractivity contribution is 0.0700. The lowest BCUT2D eigenvalue weighted by atomic mass is 10.3. The maximum Gasteiger partial charge on any atom is 0.293 e. The number of nitrogens with zero attached hydrogens (tertiary/aromatic N) is 1. The summed E-state index contributed by atoms with van der Waals surface area (Å²) in [6.07, 6.45) is 0. The summed E-state index contributed by atoms with van der Waals surface area (Å²) in [6, 6.07) is 4.84. The highest BCUT2D eigenvalue weighted by Gasteiger charge is 2.04. The minimum absolute atomic E-state index is 0.168. The van der Waals surface area contributed by atoms with E-state index >= 15 is 0 Å². The normalized spacial score (nSPS) is 9.27. The first-order valence-electron chi connectivity index (χ1n) is 2.81. The molecule has 0 radical (unpaired) electrons. The number of carbonyl (C=O) groups excluding carboxylic acids is 1. The number of amides is 1. The first-order valence-corrected chi connectivity index (χ1v) is 3.60. The average molecular weight is 217 g/mol. The minimum atomic E-state index is -0.619. The Morgan fingerprint density at radius 2 is 2.36 bits per heavy atom.